The van der Waals surface area contributed by atoms with Crippen LogP contribution in [0.1, 0.15) is 12.5 Å². The molecule has 0 aliphatic rings. The maximum atomic E-state index is 12.4. The molecule has 8 heteroatoms. The second kappa shape index (κ2) is 9.10. The number of carbonyl (C=O) groups is 1. The van der Waals surface area contributed by atoms with Crippen LogP contribution in [-0.4, -0.2) is 39.8 Å². The van der Waals surface area contributed by atoms with Crippen LogP contribution in [0, 0.1) is 6.92 Å². The summed E-state index contributed by atoms with van der Waals surface area (Å²) in [7, 11) is -3.67. The lowest BCUT2D eigenvalue weighted by Gasteiger charge is -2.28. The van der Waals surface area contributed by atoms with Gasteiger partial charge >= 0.3 is 0 Å². The fourth-order valence-corrected chi connectivity index (χ4v) is 3.90. The van der Waals surface area contributed by atoms with Gasteiger partial charge < -0.3 is 10.1 Å². The SMILES string of the molecule is Cc1ccc(OCCNC(=O)[C@@H](C)N(c2cccc(Cl)c2)S(C)(=O)=O)cc1. The quantitative estimate of drug-likeness (QED) is 0.679. The van der Waals surface area contributed by atoms with Crippen molar-refractivity contribution in [1.82, 2.24) is 5.32 Å². The number of hydrogen-bond acceptors (Lipinski definition) is 4. The second-order valence-corrected chi connectivity index (χ2v) is 8.46. The number of hydrogen-bond donors (Lipinski definition) is 1. The van der Waals surface area contributed by atoms with E-state index >= 15 is 0 Å². The molecule has 2 rings (SSSR count). The van der Waals surface area contributed by atoms with Crippen molar-refractivity contribution in [2.45, 2.75) is 19.9 Å². The molecule has 0 saturated carbocycles. The maximum Gasteiger partial charge on any atom is 0.243 e. The number of carbonyl (C=O) groups excluding carboxylic acids is 1. The third kappa shape index (κ3) is 6.15. The highest BCUT2D eigenvalue weighted by molar-refractivity contribution is 7.92. The number of nitrogens with zero attached hydrogens (tertiary/aromatic N) is 1. The third-order valence-electron chi connectivity index (χ3n) is 3.84. The van der Waals surface area contributed by atoms with Crippen molar-refractivity contribution in [2.75, 3.05) is 23.7 Å². The molecule has 0 unspecified atom stereocenters. The van der Waals surface area contributed by atoms with Crippen LogP contribution >= 0.6 is 11.6 Å². The zero-order chi connectivity index (χ0) is 20.0. The molecule has 0 aliphatic heterocycles. The molecule has 6 nitrogen and oxygen atoms in total. The summed E-state index contributed by atoms with van der Waals surface area (Å²) in [6.45, 7) is 4.04. The average Bonchev–Trinajstić information content (AvgIpc) is 2.59. The molecule has 0 fully saturated rings. The monoisotopic (exact) mass is 410 g/mol. The molecule has 0 aliphatic carbocycles. The lowest BCUT2D eigenvalue weighted by molar-refractivity contribution is -0.121. The first kappa shape index (κ1) is 21.1. The summed E-state index contributed by atoms with van der Waals surface area (Å²) in [5.41, 5.74) is 1.47. The number of aryl methyl sites for hydroxylation is 1. The number of sulfonamides is 1. The number of nitrogens with one attached hydrogen (secondary N) is 1. The van der Waals surface area contributed by atoms with Gasteiger partial charge in [-0.05, 0) is 44.2 Å². The molecule has 2 aromatic rings. The van der Waals surface area contributed by atoms with E-state index in [0.717, 1.165) is 16.1 Å². The molecule has 1 N–H and O–H groups in total. The van der Waals surface area contributed by atoms with Crippen LogP contribution in [0.15, 0.2) is 48.5 Å². The molecule has 2 aromatic carbocycles. The van der Waals surface area contributed by atoms with E-state index in [2.05, 4.69) is 5.32 Å². The Morgan fingerprint density at radius 3 is 2.48 bits per heavy atom. The van der Waals surface area contributed by atoms with Crippen molar-refractivity contribution in [1.29, 1.82) is 0 Å². The molecule has 1 atom stereocenters. The van der Waals surface area contributed by atoms with Crippen LogP contribution in [-0.2, 0) is 14.8 Å². The van der Waals surface area contributed by atoms with E-state index < -0.39 is 22.0 Å². The minimum absolute atomic E-state index is 0.254. The van der Waals surface area contributed by atoms with Gasteiger partial charge in [0.05, 0.1) is 18.5 Å². The molecule has 27 heavy (non-hydrogen) atoms. The van der Waals surface area contributed by atoms with E-state index in [0.29, 0.717) is 16.5 Å². The van der Waals surface area contributed by atoms with E-state index in [1.807, 2.05) is 31.2 Å². The Morgan fingerprint density at radius 1 is 1.22 bits per heavy atom. The van der Waals surface area contributed by atoms with E-state index in [4.69, 9.17) is 16.3 Å². The van der Waals surface area contributed by atoms with Gasteiger partial charge in [0, 0.05) is 5.02 Å². The predicted octanol–water partition coefficient (Wildman–Crippen LogP) is 3.00. The first-order valence-electron chi connectivity index (χ1n) is 8.40. The van der Waals surface area contributed by atoms with Crippen molar-refractivity contribution in [3.63, 3.8) is 0 Å². The molecule has 0 aromatic heterocycles. The van der Waals surface area contributed by atoms with Crippen molar-refractivity contribution in [2.24, 2.45) is 0 Å². The Bertz CT molecular complexity index is 885. The van der Waals surface area contributed by atoms with E-state index in [1.165, 1.54) is 13.0 Å². The largest absolute Gasteiger partial charge is 0.492 e. The molecule has 0 bridgehead atoms. The van der Waals surface area contributed by atoms with Gasteiger partial charge in [0.2, 0.25) is 15.9 Å². The van der Waals surface area contributed by atoms with Crippen molar-refractivity contribution in [3.05, 3.63) is 59.1 Å². The Labute approximate surface area is 165 Å². The number of anilines is 1. The van der Waals surface area contributed by atoms with Gasteiger partial charge in [0.15, 0.2) is 0 Å². The number of halogens is 1. The van der Waals surface area contributed by atoms with Gasteiger partial charge in [-0.2, -0.15) is 0 Å². The number of rotatable bonds is 8. The highest BCUT2D eigenvalue weighted by Crippen LogP contribution is 2.24. The highest BCUT2D eigenvalue weighted by Gasteiger charge is 2.29. The average molecular weight is 411 g/mol. The lowest BCUT2D eigenvalue weighted by Crippen LogP contribution is -2.48. The van der Waals surface area contributed by atoms with Gasteiger partial charge in [0.1, 0.15) is 18.4 Å². The molecule has 0 radical (unpaired) electrons. The Balaban J connectivity index is 1.97. The standard InChI is InChI=1S/C19H23ClN2O4S/c1-14-7-9-18(10-8-14)26-12-11-21-19(23)15(2)22(27(3,24)25)17-6-4-5-16(20)13-17/h4-10,13,15H,11-12H2,1-3H3,(H,21,23)/t15-/m1/s1. The Hall–Kier alpha value is -2.25. The van der Waals surface area contributed by atoms with Crippen LogP contribution in [0.4, 0.5) is 5.69 Å². The molecule has 0 heterocycles. The minimum atomic E-state index is -3.67. The lowest BCUT2D eigenvalue weighted by atomic mass is 10.2. The third-order valence-corrected chi connectivity index (χ3v) is 5.32. The minimum Gasteiger partial charge on any atom is -0.492 e. The zero-order valence-electron chi connectivity index (χ0n) is 15.5. The summed E-state index contributed by atoms with van der Waals surface area (Å²) in [6, 6.07) is 13.0. The van der Waals surface area contributed by atoms with Crippen LogP contribution in [0.2, 0.25) is 5.02 Å². The summed E-state index contributed by atoms with van der Waals surface area (Å²) in [6.07, 6.45) is 1.05. The summed E-state index contributed by atoms with van der Waals surface area (Å²) in [4.78, 5) is 12.4. The van der Waals surface area contributed by atoms with Crippen molar-refractivity contribution in [3.8, 4) is 5.75 Å². The first-order valence-corrected chi connectivity index (χ1v) is 10.6. The predicted molar refractivity (Wildman–Crippen MR) is 108 cm³/mol. The van der Waals surface area contributed by atoms with E-state index in [9.17, 15) is 13.2 Å². The Kier molecular flexibility index (Phi) is 7.10. The van der Waals surface area contributed by atoms with Crippen LogP contribution in [0.5, 0.6) is 5.75 Å². The van der Waals surface area contributed by atoms with Gasteiger partial charge in [-0.15, -0.1) is 0 Å². The number of ether oxygens (including phenoxy) is 1. The fourth-order valence-electron chi connectivity index (χ4n) is 2.55. The topological polar surface area (TPSA) is 75.7 Å². The molecule has 0 spiro atoms. The summed E-state index contributed by atoms with van der Waals surface area (Å²) in [5.74, 6) is 0.285. The molecule has 146 valence electrons. The van der Waals surface area contributed by atoms with Crippen LogP contribution in [0.25, 0.3) is 0 Å². The second-order valence-electron chi connectivity index (χ2n) is 6.17. The number of benzene rings is 2. The summed E-state index contributed by atoms with van der Waals surface area (Å²) in [5, 5.41) is 3.09. The fraction of sp³-hybridized carbons (Fsp3) is 0.316. The highest BCUT2D eigenvalue weighted by atomic mass is 35.5. The Morgan fingerprint density at radius 2 is 1.89 bits per heavy atom. The normalized spacial score (nSPS) is 12.3. The van der Waals surface area contributed by atoms with E-state index in [-0.39, 0.29) is 13.2 Å². The summed E-state index contributed by atoms with van der Waals surface area (Å²) < 4.78 is 31.0. The van der Waals surface area contributed by atoms with Gasteiger partial charge in [0.25, 0.3) is 0 Å². The smallest absolute Gasteiger partial charge is 0.243 e. The van der Waals surface area contributed by atoms with Gasteiger partial charge in [-0.1, -0.05) is 35.4 Å². The molecular weight excluding hydrogens is 388 g/mol. The first-order chi connectivity index (χ1) is 12.7. The van der Waals surface area contributed by atoms with Crippen LogP contribution in [0.3, 0.4) is 0 Å². The van der Waals surface area contributed by atoms with Crippen LogP contribution < -0.4 is 14.4 Å². The zero-order valence-corrected chi connectivity index (χ0v) is 17.0. The molecule has 1 amide bonds. The maximum absolute atomic E-state index is 12.4. The molecule has 0 saturated heterocycles. The van der Waals surface area contributed by atoms with Crippen molar-refractivity contribution >= 4 is 33.2 Å². The number of amides is 1. The molecular formula is C19H23ClN2O4S. The van der Waals surface area contributed by atoms with Gasteiger partial charge in [-0.3, -0.25) is 9.10 Å². The van der Waals surface area contributed by atoms with Gasteiger partial charge in [-0.25, -0.2) is 8.42 Å². The van der Waals surface area contributed by atoms with E-state index in [1.54, 1.807) is 18.2 Å². The summed E-state index contributed by atoms with van der Waals surface area (Å²) >= 11 is 5.96. The van der Waals surface area contributed by atoms with Crippen molar-refractivity contribution < 1.29 is 17.9 Å².